The molecule has 0 bridgehead atoms. The van der Waals surface area contributed by atoms with E-state index in [1.54, 1.807) is 24.3 Å². The number of nitrogens with one attached hydrogen (secondary N) is 1. The summed E-state index contributed by atoms with van der Waals surface area (Å²) < 4.78 is 10.3. The highest BCUT2D eigenvalue weighted by molar-refractivity contribution is 6.15. The molecule has 3 heterocycles. The molecule has 3 N–H and O–H groups in total. The lowest BCUT2D eigenvalue weighted by atomic mass is 9.68. The predicted molar refractivity (Wildman–Crippen MR) is 102 cm³/mol. The standard InChI is InChI=1S/C20H19N5O4/c1-10(2)16-15-18(24-23-16)29-17(22)12(8-21)20(15)11-6-4-5-7-13(11)25(19(20)27)9-14(26)28-3/h4-7,10H,9,22H2,1-3H3,(H,23,24)/t20-/m0/s1. The van der Waals surface area contributed by atoms with Gasteiger partial charge in [0.15, 0.2) is 0 Å². The maximum absolute atomic E-state index is 13.9. The number of amides is 1. The number of nitrogens with two attached hydrogens (primary N) is 1. The fourth-order valence-corrected chi connectivity index (χ4v) is 4.08. The summed E-state index contributed by atoms with van der Waals surface area (Å²) in [6.45, 7) is 3.58. The van der Waals surface area contributed by atoms with Crippen molar-refractivity contribution in [3.63, 3.8) is 0 Å². The number of rotatable bonds is 3. The summed E-state index contributed by atoms with van der Waals surface area (Å²) in [6, 6.07) is 9.07. The number of hydrogen-bond acceptors (Lipinski definition) is 7. The van der Waals surface area contributed by atoms with Gasteiger partial charge in [0.2, 0.25) is 17.7 Å². The van der Waals surface area contributed by atoms with Crippen LogP contribution in [0.25, 0.3) is 0 Å². The Bertz CT molecular complexity index is 1110. The van der Waals surface area contributed by atoms with Gasteiger partial charge in [-0.15, -0.1) is 5.10 Å². The highest BCUT2D eigenvalue weighted by atomic mass is 16.5. The Morgan fingerprint density at radius 1 is 1.45 bits per heavy atom. The smallest absolute Gasteiger partial charge is 0.325 e. The van der Waals surface area contributed by atoms with Crippen LogP contribution in [0.15, 0.2) is 35.7 Å². The molecule has 0 saturated heterocycles. The van der Waals surface area contributed by atoms with Crippen LogP contribution in [-0.2, 0) is 19.7 Å². The average molecular weight is 393 g/mol. The normalized spacial score (nSPS) is 19.8. The van der Waals surface area contributed by atoms with Crippen molar-refractivity contribution >= 4 is 17.6 Å². The number of fused-ring (bicyclic) bond motifs is 4. The molecule has 0 saturated carbocycles. The third kappa shape index (κ3) is 2.29. The summed E-state index contributed by atoms with van der Waals surface area (Å²) in [5, 5.41) is 17.1. The van der Waals surface area contributed by atoms with Crippen molar-refractivity contribution in [3.8, 4) is 11.9 Å². The Morgan fingerprint density at radius 3 is 2.83 bits per heavy atom. The largest absolute Gasteiger partial charge is 0.468 e. The van der Waals surface area contributed by atoms with Crippen LogP contribution in [0.2, 0.25) is 0 Å². The second kappa shape index (κ2) is 6.38. The summed E-state index contributed by atoms with van der Waals surface area (Å²) in [7, 11) is 1.25. The van der Waals surface area contributed by atoms with Crippen LogP contribution in [0.3, 0.4) is 0 Å². The molecule has 2 aliphatic heterocycles. The third-order valence-corrected chi connectivity index (χ3v) is 5.33. The number of methoxy groups -OCH3 is 1. The fourth-order valence-electron chi connectivity index (χ4n) is 4.08. The molecule has 1 aromatic heterocycles. The van der Waals surface area contributed by atoms with E-state index in [9.17, 15) is 14.9 Å². The summed E-state index contributed by atoms with van der Waals surface area (Å²) in [5.41, 5.74) is 6.63. The number of aromatic amines is 1. The van der Waals surface area contributed by atoms with Gasteiger partial charge in [-0.2, -0.15) is 5.26 Å². The van der Waals surface area contributed by atoms with E-state index >= 15 is 0 Å². The monoisotopic (exact) mass is 393 g/mol. The Hall–Kier alpha value is -3.80. The zero-order chi connectivity index (χ0) is 20.9. The maximum Gasteiger partial charge on any atom is 0.325 e. The minimum absolute atomic E-state index is 0.0295. The average Bonchev–Trinajstić information content (AvgIpc) is 3.22. The molecule has 1 spiro atoms. The lowest BCUT2D eigenvalue weighted by Crippen LogP contribution is -2.47. The number of hydrogen-bond donors (Lipinski definition) is 2. The van der Waals surface area contributed by atoms with Gasteiger partial charge in [-0.3, -0.25) is 19.6 Å². The highest BCUT2D eigenvalue weighted by Crippen LogP contribution is 2.56. The van der Waals surface area contributed by atoms with E-state index < -0.39 is 17.3 Å². The molecule has 1 aromatic carbocycles. The van der Waals surface area contributed by atoms with E-state index in [1.807, 2.05) is 13.8 Å². The molecule has 0 aliphatic carbocycles. The number of aromatic nitrogens is 2. The van der Waals surface area contributed by atoms with Crippen LogP contribution in [0.1, 0.15) is 36.6 Å². The molecule has 9 heteroatoms. The first-order valence-electron chi connectivity index (χ1n) is 9.03. The number of carbonyl (C=O) groups is 2. The first kappa shape index (κ1) is 18.6. The van der Waals surface area contributed by atoms with E-state index in [0.717, 1.165) is 0 Å². The maximum atomic E-state index is 13.9. The Morgan fingerprint density at radius 2 is 2.17 bits per heavy atom. The summed E-state index contributed by atoms with van der Waals surface area (Å²) in [4.78, 5) is 27.3. The van der Waals surface area contributed by atoms with Gasteiger partial charge >= 0.3 is 5.97 Å². The summed E-state index contributed by atoms with van der Waals surface area (Å²) >= 11 is 0. The molecule has 29 heavy (non-hydrogen) atoms. The van der Waals surface area contributed by atoms with Crippen molar-refractivity contribution in [3.05, 3.63) is 52.5 Å². The first-order valence-corrected chi connectivity index (χ1v) is 9.03. The van der Waals surface area contributed by atoms with Crippen molar-refractivity contribution in [2.75, 3.05) is 18.6 Å². The van der Waals surface area contributed by atoms with Crippen molar-refractivity contribution in [1.29, 1.82) is 5.26 Å². The number of carbonyl (C=O) groups excluding carboxylic acids is 2. The molecule has 1 atom stereocenters. The van der Waals surface area contributed by atoms with Gasteiger partial charge in [-0.05, 0) is 12.0 Å². The second-order valence-corrected chi connectivity index (χ2v) is 7.16. The van der Waals surface area contributed by atoms with Gasteiger partial charge in [-0.25, -0.2) is 0 Å². The zero-order valence-corrected chi connectivity index (χ0v) is 16.1. The van der Waals surface area contributed by atoms with Crippen molar-refractivity contribution in [1.82, 2.24) is 10.2 Å². The zero-order valence-electron chi connectivity index (χ0n) is 16.1. The van der Waals surface area contributed by atoms with Gasteiger partial charge in [-0.1, -0.05) is 32.0 Å². The minimum Gasteiger partial charge on any atom is -0.468 e. The third-order valence-electron chi connectivity index (χ3n) is 5.33. The molecule has 2 aromatic rings. The molecular weight excluding hydrogens is 374 g/mol. The van der Waals surface area contributed by atoms with Gasteiger partial charge in [0, 0.05) is 16.9 Å². The molecule has 0 fully saturated rings. The molecule has 0 radical (unpaired) electrons. The number of H-pyrrole nitrogens is 1. The minimum atomic E-state index is -1.55. The van der Waals surface area contributed by atoms with E-state index in [-0.39, 0.29) is 29.8 Å². The van der Waals surface area contributed by atoms with Crippen LogP contribution >= 0.6 is 0 Å². The SMILES string of the molecule is COC(=O)CN1C(=O)[C@]2(C(C#N)=C(N)Oc3n[nH]c(C(C)C)c32)c2ccccc21. The Kier molecular flexibility index (Phi) is 4.08. The number of esters is 1. The van der Waals surface area contributed by atoms with E-state index in [4.69, 9.17) is 15.2 Å². The number of nitriles is 1. The predicted octanol–water partition coefficient (Wildman–Crippen LogP) is 1.43. The summed E-state index contributed by atoms with van der Waals surface area (Å²) in [5.74, 6) is -1.14. The van der Waals surface area contributed by atoms with Crippen LogP contribution in [0.5, 0.6) is 5.88 Å². The molecule has 0 unspecified atom stereocenters. The quantitative estimate of drug-likeness (QED) is 0.753. The van der Waals surface area contributed by atoms with Crippen molar-refractivity contribution < 1.29 is 19.1 Å². The molecule has 4 rings (SSSR count). The number of ether oxygens (including phenoxy) is 2. The van der Waals surface area contributed by atoms with Crippen LogP contribution in [0.4, 0.5) is 5.69 Å². The fraction of sp³-hybridized carbons (Fsp3) is 0.300. The molecule has 2 aliphatic rings. The topological polar surface area (TPSA) is 134 Å². The second-order valence-electron chi connectivity index (χ2n) is 7.16. The summed E-state index contributed by atoms with van der Waals surface area (Å²) in [6.07, 6.45) is 0. The van der Waals surface area contributed by atoms with Gasteiger partial charge in [0.25, 0.3) is 0 Å². The number of anilines is 1. The Labute approximate surface area is 166 Å². The van der Waals surface area contributed by atoms with E-state index in [1.165, 1.54) is 12.0 Å². The number of benzene rings is 1. The van der Waals surface area contributed by atoms with Gasteiger partial charge in [0.05, 0.1) is 12.7 Å². The molecule has 9 nitrogen and oxygen atoms in total. The number of para-hydroxylation sites is 1. The molecule has 148 valence electrons. The highest BCUT2D eigenvalue weighted by Gasteiger charge is 2.61. The number of nitrogens with zero attached hydrogens (tertiary/aromatic N) is 3. The Balaban J connectivity index is 2.09. The molecule has 1 amide bonds. The van der Waals surface area contributed by atoms with Gasteiger partial charge in [0.1, 0.15) is 23.6 Å². The van der Waals surface area contributed by atoms with E-state index in [0.29, 0.717) is 22.5 Å². The van der Waals surface area contributed by atoms with Crippen molar-refractivity contribution in [2.24, 2.45) is 5.73 Å². The van der Waals surface area contributed by atoms with Crippen LogP contribution < -0.4 is 15.4 Å². The molecular formula is C20H19N5O4. The van der Waals surface area contributed by atoms with Crippen LogP contribution in [-0.4, -0.2) is 35.7 Å². The lowest BCUT2D eigenvalue weighted by Gasteiger charge is -2.33. The lowest BCUT2D eigenvalue weighted by molar-refractivity contribution is -0.140. The van der Waals surface area contributed by atoms with Crippen LogP contribution in [0, 0.1) is 11.3 Å². The first-order chi connectivity index (χ1) is 13.9. The van der Waals surface area contributed by atoms with Gasteiger partial charge < -0.3 is 15.2 Å². The van der Waals surface area contributed by atoms with E-state index in [2.05, 4.69) is 16.3 Å². The van der Waals surface area contributed by atoms with Crippen molar-refractivity contribution in [2.45, 2.75) is 25.2 Å².